The van der Waals surface area contributed by atoms with E-state index in [1.54, 1.807) is 24.3 Å². The number of anilines is 1. The number of nitrogens with zero attached hydrogens (tertiary/aromatic N) is 2. The molecule has 0 aliphatic carbocycles. The third kappa shape index (κ3) is 4.58. The molecule has 0 unspecified atom stereocenters. The van der Waals surface area contributed by atoms with Crippen molar-refractivity contribution in [1.29, 1.82) is 5.26 Å². The first-order valence-corrected chi connectivity index (χ1v) is 6.84. The van der Waals surface area contributed by atoms with Crippen molar-refractivity contribution in [2.45, 2.75) is 6.92 Å². The van der Waals surface area contributed by atoms with E-state index < -0.39 is 5.97 Å². The minimum Gasteiger partial charge on any atom is -0.479 e. The average molecular weight is 309 g/mol. The third-order valence-electron chi connectivity index (χ3n) is 3.06. The second-order valence-electron chi connectivity index (χ2n) is 4.66. The number of carboxylic acids is 1. The maximum atomic E-state index is 10.8. The zero-order valence-corrected chi connectivity index (χ0v) is 12.5. The van der Waals surface area contributed by atoms with Crippen molar-refractivity contribution < 1.29 is 14.6 Å². The lowest BCUT2D eigenvalue weighted by Gasteiger charge is -2.06. The van der Waals surface area contributed by atoms with E-state index in [4.69, 9.17) is 15.1 Å². The van der Waals surface area contributed by atoms with Gasteiger partial charge in [-0.25, -0.2) is 4.79 Å². The van der Waals surface area contributed by atoms with E-state index in [1.807, 2.05) is 25.1 Å². The number of ether oxygens (including phenoxy) is 1. The highest BCUT2D eigenvalue weighted by Gasteiger charge is 2.02. The second kappa shape index (κ2) is 7.61. The van der Waals surface area contributed by atoms with Crippen molar-refractivity contribution in [2.75, 3.05) is 12.0 Å². The Bertz CT molecular complexity index is 744. The number of carboxylic acid groups (broad SMARTS) is 1. The van der Waals surface area contributed by atoms with Crippen molar-refractivity contribution in [1.82, 2.24) is 0 Å². The van der Waals surface area contributed by atoms with Gasteiger partial charge >= 0.3 is 5.97 Å². The van der Waals surface area contributed by atoms with Gasteiger partial charge in [-0.05, 0) is 61.0 Å². The number of hydrogen-bond acceptors (Lipinski definition) is 5. The normalized spacial score (nSPS) is 10.7. The quantitative estimate of drug-likeness (QED) is 0.631. The third-order valence-corrected chi connectivity index (χ3v) is 3.06. The maximum absolute atomic E-state index is 10.8. The first-order valence-electron chi connectivity index (χ1n) is 6.84. The predicted molar refractivity (Wildman–Crippen MR) is 86.8 cm³/mol. The molecule has 23 heavy (non-hydrogen) atoms. The van der Waals surface area contributed by atoms with E-state index in [0.717, 1.165) is 11.3 Å². The van der Waals surface area contributed by atoms with Gasteiger partial charge in [0.15, 0.2) is 6.61 Å². The van der Waals surface area contributed by atoms with Gasteiger partial charge in [0.25, 0.3) is 0 Å². The lowest BCUT2D eigenvalue weighted by Crippen LogP contribution is -2.01. The molecule has 0 fully saturated rings. The van der Waals surface area contributed by atoms with Crippen LogP contribution < -0.4 is 10.2 Å². The number of hydrogen-bond donors (Lipinski definition) is 2. The van der Waals surface area contributed by atoms with Crippen LogP contribution in [0.25, 0.3) is 0 Å². The molecule has 0 aliphatic rings. The second-order valence-corrected chi connectivity index (χ2v) is 4.66. The molecule has 0 aliphatic heterocycles. The van der Waals surface area contributed by atoms with Crippen LogP contribution in [-0.4, -0.2) is 23.4 Å². The average Bonchev–Trinajstić information content (AvgIpc) is 2.58. The first-order chi connectivity index (χ1) is 11.1. The number of hydrazone groups is 1. The van der Waals surface area contributed by atoms with Crippen molar-refractivity contribution in [3.63, 3.8) is 0 Å². The summed E-state index contributed by atoms with van der Waals surface area (Å²) in [6.45, 7) is 1.87. The fourth-order valence-electron chi connectivity index (χ4n) is 1.81. The van der Waals surface area contributed by atoms with E-state index >= 15 is 0 Å². The van der Waals surface area contributed by atoms with Crippen molar-refractivity contribution in [2.24, 2.45) is 5.10 Å². The number of nitriles is 1. The molecule has 0 aromatic heterocycles. The van der Waals surface area contributed by atoms with Gasteiger partial charge in [0.2, 0.25) is 0 Å². The summed E-state index contributed by atoms with van der Waals surface area (Å²) in [5, 5.41) is 21.6. The van der Waals surface area contributed by atoms with Crippen molar-refractivity contribution in [3.05, 3.63) is 59.7 Å². The van der Waals surface area contributed by atoms with Crippen LogP contribution in [0.1, 0.15) is 22.8 Å². The fraction of sp³-hybridized carbons (Fsp3) is 0.118. The number of nitrogens with one attached hydrogen (secondary N) is 1. The molecule has 0 atom stereocenters. The molecule has 2 aromatic rings. The molecule has 6 heteroatoms. The Kier molecular flexibility index (Phi) is 5.31. The standard InChI is InChI=1S/C17H15N3O3/c1-12(13-4-8-16(9-5-13)23-11-10-18)19-20-15-6-2-14(3-7-15)17(21)22/h2-9,20H,11H2,1H3,(H,21,22). The zero-order valence-electron chi connectivity index (χ0n) is 12.5. The molecule has 2 rings (SSSR count). The van der Waals surface area contributed by atoms with Gasteiger partial charge in [-0.15, -0.1) is 0 Å². The van der Waals surface area contributed by atoms with Gasteiger partial charge in [-0.3, -0.25) is 5.43 Å². The Labute approximate surface area is 133 Å². The Morgan fingerprint density at radius 1 is 1.17 bits per heavy atom. The topological polar surface area (TPSA) is 94.7 Å². The number of rotatable bonds is 6. The molecule has 0 spiro atoms. The summed E-state index contributed by atoms with van der Waals surface area (Å²) < 4.78 is 5.19. The predicted octanol–water partition coefficient (Wildman–Crippen LogP) is 3.12. The molecular formula is C17H15N3O3. The molecule has 2 N–H and O–H groups in total. The summed E-state index contributed by atoms with van der Waals surface area (Å²) in [6.07, 6.45) is 0. The number of aromatic carboxylic acids is 1. The monoisotopic (exact) mass is 309 g/mol. The SMILES string of the molecule is CC(=NNc1ccc(C(=O)O)cc1)c1ccc(OCC#N)cc1. The van der Waals surface area contributed by atoms with Crippen LogP contribution in [0.5, 0.6) is 5.75 Å². The summed E-state index contributed by atoms with van der Waals surface area (Å²) in [7, 11) is 0. The summed E-state index contributed by atoms with van der Waals surface area (Å²) in [6, 6.07) is 15.5. The fourth-order valence-corrected chi connectivity index (χ4v) is 1.81. The Morgan fingerprint density at radius 2 is 1.78 bits per heavy atom. The van der Waals surface area contributed by atoms with Crippen LogP contribution in [0.4, 0.5) is 5.69 Å². The Hall–Kier alpha value is -3.33. The van der Waals surface area contributed by atoms with Crippen LogP contribution in [0.3, 0.4) is 0 Å². The largest absolute Gasteiger partial charge is 0.479 e. The molecule has 0 bridgehead atoms. The van der Waals surface area contributed by atoms with E-state index in [1.165, 1.54) is 12.1 Å². The molecule has 2 aromatic carbocycles. The van der Waals surface area contributed by atoms with Gasteiger partial charge < -0.3 is 9.84 Å². The summed E-state index contributed by atoms with van der Waals surface area (Å²) in [5.41, 5.74) is 5.47. The van der Waals surface area contributed by atoms with Crippen LogP contribution >= 0.6 is 0 Å². The molecule has 0 saturated carbocycles. The number of carbonyl (C=O) groups is 1. The molecule has 0 radical (unpaired) electrons. The van der Waals surface area contributed by atoms with Crippen LogP contribution in [0, 0.1) is 11.3 Å². The van der Waals surface area contributed by atoms with Gasteiger partial charge in [0, 0.05) is 0 Å². The Morgan fingerprint density at radius 3 is 2.35 bits per heavy atom. The summed E-state index contributed by atoms with van der Waals surface area (Å²) in [4.78, 5) is 10.8. The van der Waals surface area contributed by atoms with Gasteiger partial charge in [-0.1, -0.05) is 0 Å². The lowest BCUT2D eigenvalue weighted by atomic mass is 10.1. The van der Waals surface area contributed by atoms with Gasteiger partial charge in [0.1, 0.15) is 11.8 Å². The highest BCUT2D eigenvalue weighted by Crippen LogP contribution is 2.14. The summed E-state index contributed by atoms with van der Waals surface area (Å²) in [5.74, 6) is -0.338. The van der Waals surface area contributed by atoms with Crippen LogP contribution in [-0.2, 0) is 0 Å². The number of benzene rings is 2. The van der Waals surface area contributed by atoms with Crippen LogP contribution in [0.2, 0.25) is 0 Å². The van der Waals surface area contributed by atoms with Gasteiger partial charge in [0.05, 0.1) is 17.0 Å². The van der Waals surface area contributed by atoms with E-state index in [0.29, 0.717) is 11.4 Å². The van der Waals surface area contributed by atoms with Crippen molar-refractivity contribution in [3.8, 4) is 11.8 Å². The minimum absolute atomic E-state index is 0.0142. The highest BCUT2D eigenvalue weighted by atomic mass is 16.5. The van der Waals surface area contributed by atoms with E-state index in [2.05, 4.69) is 10.5 Å². The molecule has 0 amide bonds. The molecular weight excluding hydrogens is 294 g/mol. The zero-order chi connectivity index (χ0) is 16.7. The molecule has 116 valence electrons. The molecule has 6 nitrogen and oxygen atoms in total. The van der Waals surface area contributed by atoms with Crippen LogP contribution in [0.15, 0.2) is 53.6 Å². The Balaban J connectivity index is 2.01. The highest BCUT2D eigenvalue weighted by molar-refractivity contribution is 5.99. The summed E-state index contributed by atoms with van der Waals surface area (Å²) >= 11 is 0. The van der Waals surface area contributed by atoms with E-state index in [9.17, 15) is 4.79 Å². The lowest BCUT2D eigenvalue weighted by molar-refractivity contribution is 0.0697. The van der Waals surface area contributed by atoms with E-state index in [-0.39, 0.29) is 12.2 Å². The maximum Gasteiger partial charge on any atom is 0.335 e. The first kappa shape index (κ1) is 16.0. The smallest absolute Gasteiger partial charge is 0.335 e. The molecule has 0 heterocycles. The van der Waals surface area contributed by atoms with Gasteiger partial charge in [-0.2, -0.15) is 10.4 Å². The van der Waals surface area contributed by atoms with Crippen molar-refractivity contribution >= 4 is 17.4 Å². The molecule has 0 saturated heterocycles. The minimum atomic E-state index is -0.963.